The fourth-order valence-corrected chi connectivity index (χ4v) is 3.18. The van der Waals surface area contributed by atoms with Crippen molar-refractivity contribution in [1.82, 2.24) is 14.7 Å². The third kappa shape index (κ3) is 3.20. The Morgan fingerprint density at radius 3 is 2.54 bits per heavy atom. The molecule has 6 nitrogen and oxygen atoms in total. The van der Waals surface area contributed by atoms with Gasteiger partial charge in [-0.2, -0.15) is 5.10 Å². The van der Waals surface area contributed by atoms with Crippen molar-refractivity contribution in [1.29, 1.82) is 0 Å². The minimum absolute atomic E-state index is 0.242. The number of carboxylic acid groups (broad SMARTS) is 1. The van der Waals surface area contributed by atoms with Gasteiger partial charge >= 0.3 is 5.97 Å². The molecule has 24 heavy (non-hydrogen) atoms. The van der Waals surface area contributed by atoms with E-state index in [0.29, 0.717) is 18.2 Å². The molecule has 1 N–H and O–H groups in total. The van der Waals surface area contributed by atoms with Gasteiger partial charge in [-0.15, -0.1) is 0 Å². The van der Waals surface area contributed by atoms with Crippen molar-refractivity contribution in [2.75, 3.05) is 26.3 Å². The van der Waals surface area contributed by atoms with Crippen molar-refractivity contribution in [3.05, 3.63) is 41.7 Å². The molecular weight excluding hydrogens is 306 g/mol. The largest absolute Gasteiger partial charge is 0.477 e. The number of carboxylic acids is 1. The summed E-state index contributed by atoms with van der Waals surface area (Å²) in [4.78, 5) is 13.9. The number of aromatic carboxylic acids is 1. The summed E-state index contributed by atoms with van der Waals surface area (Å²) in [6.45, 7) is 8.05. The smallest absolute Gasteiger partial charge is 0.354 e. The summed E-state index contributed by atoms with van der Waals surface area (Å²) in [5, 5.41) is 13.6. The number of nitrogens with zero attached hydrogens (tertiary/aromatic N) is 3. The zero-order chi connectivity index (χ0) is 17.1. The molecule has 1 atom stereocenters. The van der Waals surface area contributed by atoms with Gasteiger partial charge in [0.25, 0.3) is 0 Å². The van der Waals surface area contributed by atoms with Gasteiger partial charge in [0.2, 0.25) is 0 Å². The van der Waals surface area contributed by atoms with Gasteiger partial charge in [0.05, 0.1) is 19.4 Å². The summed E-state index contributed by atoms with van der Waals surface area (Å²) in [6.07, 6.45) is 1.63. The standard InChI is InChI=1S/C18H23N3O3/c1-3-21-17(18(22)23)16(12-19-21)15-6-4-14(5-7-15)13(2)20-8-10-24-11-9-20/h4-7,12-13H,3,8-11H2,1-2H3,(H,22,23)/t13-/m1/s1. The summed E-state index contributed by atoms with van der Waals surface area (Å²) < 4.78 is 6.92. The van der Waals surface area contributed by atoms with Crippen LogP contribution in [0.25, 0.3) is 11.1 Å². The maximum Gasteiger partial charge on any atom is 0.354 e. The van der Waals surface area contributed by atoms with Crippen molar-refractivity contribution in [3.63, 3.8) is 0 Å². The number of morpholine rings is 1. The van der Waals surface area contributed by atoms with E-state index in [0.717, 1.165) is 31.9 Å². The number of benzene rings is 1. The Morgan fingerprint density at radius 2 is 1.96 bits per heavy atom. The Hall–Kier alpha value is -2.18. The minimum atomic E-state index is -0.949. The molecule has 1 fully saturated rings. The molecule has 0 aliphatic carbocycles. The molecule has 3 rings (SSSR count). The Labute approximate surface area is 141 Å². The summed E-state index contributed by atoms with van der Waals surface area (Å²) in [7, 11) is 0. The summed E-state index contributed by atoms with van der Waals surface area (Å²) >= 11 is 0. The van der Waals surface area contributed by atoms with E-state index in [1.165, 1.54) is 10.2 Å². The lowest BCUT2D eigenvalue weighted by molar-refractivity contribution is 0.0198. The van der Waals surface area contributed by atoms with Crippen LogP contribution in [0.3, 0.4) is 0 Å². The van der Waals surface area contributed by atoms with E-state index in [1.54, 1.807) is 6.20 Å². The molecule has 0 spiro atoms. The van der Waals surface area contributed by atoms with E-state index in [4.69, 9.17) is 4.74 Å². The molecule has 6 heteroatoms. The van der Waals surface area contributed by atoms with Crippen LogP contribution in [-0.2, 0) is 11.3 Å². The molecule has 128 valence electrons. The molecular formula is C18H23N3O3. The van der Waals surface area contributed by atoms with Gasteiger partial charge in [0.15, 0.2) is 5.69 Å². The van der Waals surface area contributed by atoms with Crippen molar-refractivity contribution in [2.24, 2.45) is 0 Å². The number of carbonyl (C=O) groups is 1. The highest BCUT2D eigenvalue weighted by Crippen LogP contribution is 2.27. The van der Waals surface area contributed by atoms with Gasteiger partial charge in [-0.1, -0.05) is 24.3 Å². The maximum atomic E-state index is 11.5. The molecule has 1 saturated heterocycles. The molecule has 1 aromatic carbocycles. The van der Waals surface area contributed by atoms with Crippen LogP contribution >= 0.6 is 0 Å². The van der Waals surface area contributed by atoms with Gasteiger partial charge in [0, 0.05) is 31.2 Å². The number of aromatic nitrogens is 2. The van der Waals surface area contributed by atoms with E-state index in [1.807, 2.05) is 19.1 Å². The molecule has 0 bridgehead atoms. The van der Waals surface area contributed by atoms with Crippen molar-refractivity contribution in [3.8, 4) is 11.1 Å². The summed E-state index contributed by atoms with van der Waals surface area (Å²) in [6, 6.07) is 8.43. The molecule has 2 heterocycles. The van der Waals surface area contributed by atoms with Crippen molar-refractivity contribution in [2.45, 2.75) is 26.4 Å². The van der Waals surface area contributed by atoms with Crippen LogP contribution in [0.4, 0.5) is 0 Å². The predicted octanol–water partition coefficient (Wildman–Crippen LogP) is 2.66. The Kier molecular flexibility index (Phi) is 4.97. The first-order valence-electron chi connectivity index (χ1n) is 8.33. The van der Waals surface area contributed by atoms with Crippen LogP contribution in [0.15, 0.2) is 30.5 Å². The average molecular weight is 329 g/mol. The molecule has 2 aromatic rings. The molecule has 0 radical (unpaired) electrons. The van der Waals surface area contributed by atoms with Gasteiger partial charge < -0.3 is 9.84 Å². The highest BCUT2D eigenvalue weighted by Gasteiger charge is 2.20. The number of aryl methyl sites for hydroxylation is 1. The number of rotatable bonds is 5. The molecule has 1 aliphatic heterocycles. The minimum Gasteiger partial charge on any atom is -0.477 e. The second-order valence-electron chi connectivity index (χ2n) is 5.97. The first-order chi connectivity index (χ1) is 11.6. The predicted molar refractivity (Wildman–Crippen MR) is 91.1 cm³/mol. The fraction of sp³-hybridized carbons (Fsp3) is 0.444. The summed E-state index contributed by atoms with van der Waals surface area (Å²) in [5.41, 5.74) is 3.01. The highest BCUT2D eigenvalue weighted by molar-refractivity contribution is 5.94. The highest BCUT2D eigenvalue weighted by atomic mass is 16.5. The zero-order valence-electron chi connectivity index (χ0n) is 14.1. The molecule has 0 unspecified atom stereocenters. The van der Waals surface area contributed by atoms with E-state index < -0.39 is 5.97 Å². The number of hydrogen-bond donors (Lipinski definition) is 1. The van der Waals surface area contributed by atoms with Gasteiger partial charge in [-0.3, -0.25) is 9.58 Å². The Balaban J connectivity index is 1.84. The number of ether oxygens (including phenoxy) is 1. The van der Waals surface area contributed by atoms with Crippen LogP contribution in [0.5, 0.6) is 0 Å². The first kappa shape index (κ1) is 16.7. The third-order valence-electron chi connectivity index (χ3n) is 4.64. The average Bonchev–Trinajstić information content (AvgIpc) is 3.06. The SMILES string of the molecule is CCn1ncc(-c2ccc([C@@H](C)N3CCOCC3)cc2)c1C(=O)O. The zero-order valence-corrected chi connectivity index (χ0v) is 14.1. The van der Waals surface area contributed by atoms with Gasteiger partial charge in [-0.05, 0) is 25.0 Å². The number of hydrogen-bond acceptors (Lipinski definition) is 4. The molecule has 1 aliphatic rings. The normalized spacial score (nSPS) is 16.9. The third-order valence-corrected chi connectivity index (χ3v) is 4.64. The van der Waals surface area contributed by atoms with E-state index in [-0.39, 0.29) is 5.69 Å². The lowest BCUT2D eigenvalue weighted by atomic mass is 10.0. The second-order valence-corrected chi connectivity index (χ2v) is 5.97. The topological polar surface area (TPSA) is 67.6 Å². The lowest BCUT2D eigenvalue weighted by Crippen LogP contribution is -2.37. The molecule has 1 aromatic heterocycles. The van der Waals surface area contributed by atoms with Crippen molar-refractivity contribution < 1.29 is 14.6 Å². The Morgan fingerprint density at radius 1 is 1.29 bits per heavy atom. The van der Waals surface area contributed by atoms with Crippen LogP contribution in [0.2, 0.25) is 0 Å². The first-order valence-corrected chi connectivity index (χ1v) is 8.33. The molecule has 0 saturated carbocycles. The Bertz CT molecular complexity index is 703. The van der Waals surface area contributed by atoms with E-state index in [9.17, 15) is 9.90 Å². The van der Waals surface area contributed by atoms with Crippen molar-refractivity contribution >= 4 is 5.97 Å². The van der Waals surface area contributed by atoms with E-state index >= 15 is 0 Å². The van der Waals surface area contributed by atoms with Gasteiger partial charge in [0.1, 0.15) is 0 Å². The quantitative estimate of drug-likeness (QED) is 0.913. The van der Waals surface area contributed by atoms with Gasteiger partial charge in [-0.25, -0.2) is 4.79 Å². The van der Waals surface area contributed by atoms with Crippen LogP contribution in [0, 0.1) is 0 Å². The van der Waals surface area contributed by atoms with E-state index in [2.05, 4.69) is 29.1 Å². The monoisotopic (exact) mass is 329 g/mol. The molecule has 0 amide bonds. The fourth-order valence-electron chi connectivity index (χ4n) is 3.18. The second kappa shape index (κ2) is 7.15. The maximum absolute atomic E-state index is 11.5. The van der Waals surface area contributed by atoms with Crippen LogP contribution in [-0.4, -0.2) is 52.1 Å². The van der Waals surface area contributed by atoms with Crippen LogP contribution < -0.4 is 0 Å². The van der Waals surface area contributed by atoms with Crippen LogP contribution in [0.1, 0.15) is 35.9 Å². The summed E-state index contributed by atoms with van der Waals surface area (Å²) in [5.74, 6) is -0.949. The lowest BCUT2D eigenvalue weighted by Gasteiger charge is -2.32.